The highest BCUT2D eigenvalue weighted by Crippen LogP contribution is 2.41. The summed E-state index contributed by atoms with van der Waals surface area (Å²) in [5.74, 6) is -3.81. The molecule has 102 valence electrons. The first-order chi connectivity index (χ1) is 8.30. The molecule has 0 radical (unpaired) electrons. The maximum Gasteiger partial charge on any atom is 0.391 e. The number of rotatable bonds is 2. The van der Waals surface area contributed by atoms with Crippen molar-refractivity contribution in [3.8, 4) is 0 Å². The van der Waals surface area contributed by atoms with Crippen LogP contribution in [0.1, 0.15) is 19.3 Å². The highest BCUT2D eigenvalue weighted by Gasteiger charge is 2.51. The number of carboxylic acid groups (broad SMARTS) is 1. The molecule has 2 aliphatic rings. The fourth-order valence-electron chi connectivity index (χ4n) is 2.40. The Labute approximate surface area is 102 Å². The monoisotopic (exact) mass is 265 g/mol. The smallest absolute Gasteiger partial charge is 0.391 e. The van der Waals surface area contributed by atoms with E-state index in [1.54, 1.807) is 0 Å². The molecule has 2 fully saturated rings. The molecule has 1 saturated carbocycles. The molecule has 4 nitrogen and oxygen atoms in total. The number of carboxylic acids is 1. The van der Waals surface area contributed by atoms with Crippen molar-refractivity contribution in [2.24, 2.45) is 17.8 Å². The van der Waals surface area contributed by atoms with Crippen LogP contribution in [0.15, 0.2) is 0 Å². The van der Waals surface area contributed by atoms with Gasteiger partial charge in [0.25, 0.3) is 0 Å². The number of aliphatic carboxylic acids is 1. The molecule has 2 rings (SSSR count). The first-order valence-electron chi connectivity index (χ1n) is 5.89. The molecule has 1 aliphatic heterocycles. The molecule has 2 atom stereocenters. The van der Waals surface area contributed by atoms with E-state index in [9.17, 15) is 22.8 Å². The Balaban J connectivity index is 1.84. The Morgan fingerprint density at radius 2 is 1.67 bits per heavy atom. The number of halogens is 3. The van der Waals surface area contributed by atoms with E-state index in [2.05, 4.69) is 0 Å². The van der Waals surface area contributed by atoms with Gasteiger partial charge in [-0.3, -0.25) is 9.59 Å². The number of alkyl halides is 3. The van der Waals surface area contributed by atoms with Gasteiger partial charge >= 0.3 is 12.1 Å². The second-order valence-electron chi connectivity index (χ2n) is 4.93. The van der Waals surface area contributed by atoms with E-state index >= 15 is 0 Å². The van der Waals surface area contributed by atoms with E-state index in [0.717, 1.165) is 0 Å². The second-order valence-corrected chi connectivity index (χ2v) is 4.93. The van der Waals surface area contributed by atoms with Crippen LogP contribution < -0.4 is 0 Å². The van der Waals surface area contributed by atoms with E-state index in [-0.39, 0.29) is 31.8 Å². The van der Waals surface area contributed by atoms with E-state index in [1.165, 1.54) is 4.90 Å². The van der Waals surface area contributed by atoms with Crippen molar-refractivity contribution < 1.29 is 27.9 Å². The number of carbonyl (C=O) groups excluding carboxylic acids is 1. The van der Waals surface area contributed by atoms with Gasteiger partial charge in [0.1, 0.15) is 0 Å². The van der Waals surface area contributed by atoms with Crippen molar-refractivity contribution in [3.63, 3.8) is 0 Å². The lowest BCUT2D eigenvalue weighted by molar-refractivity contribution is -0.186. The topological polar surface area (TPSA) is 57.6 Å². The largest absolute Gasteiger partial charge is 0.481 e. The Hall–Kier alpha value is -1.27. The summed E-state index contributed by atoms with van der Waals surface area (Å²) in [5.41, 5.74) is 0. The zero-order valence-electron chi connectivity index (χ0n) is 9.61. The molecule has 0 aromatic carbocycles. The van der Waals surface area contributed by atoms with E-state index in [0.29, 0.717) is 6.42 Å². The molecule has 1 saturated heterocycles. The predicted octanol–water partition coefficient (Wildman–Crippen LogP) is 1.51. The maximum absolute atomic E-state index is 12.4. The Kier molecular flexibility index (Phi) is 3.25. The number of carbonyl (C=O) groups is 2. The first kappa shape index (κ1) is 13.2. The van der Waals surface area contributed by atoms with Crippen LogP contribution in [0, 0.1) is 17.8 Å². The molecule has 1 aliphatic carbocycles. The minimum atomic E-state index is -4.20. The van der Waals surface area contributed by atoms with Crippen molar-refractivity contribution in [1.82, 2.24) is 4.90 Å². The van der Waals surface area contributed by atoms with Crippen molar-refractivity contribution in [2.75, 3.05) is 13.1 Å². The van der Waals surface area contributed by atoms with Crippen molar-refractivity contribution in [1.29, 1.82) is 0 Å². The Bertz CT molecular complexity index is 361. The third-order valence-corrected chi connectivity index (χ3v) is 3.69. The lowest BCUT2D eigenvalue weighted by Crippen LogP contribution is -2.43. The van der Waals surface area contributed by atoms with Crippen molar-refractivity contribution in [2.45, 2.75) is 25.4 Å². The summed E-state index contributed by atoms with van der Waals surface area (Å²) in [6.07, 6.45) is -4.05. The van der Waals surface area contributed by atoms with Crippen LogP contribution in [0.25, 0.3) is 0 Å². The summed E-state index contributed by atoms with van der Waals surface area (Å²) in [7, 11) is 0. The second kappa shape index (κ2) is 4.44. The van der Waals surface area contributed by atoms with Gasteiger partial charge in [-0.2, -0.15) is 13.2 Å². The zero-order valence-corrected chi connectivity index (χ0v) is 9.61. The molecule has 0 aromatic rings. The third kappa shape index (κ3) is 2.59. The van der Waals surface area contributed by atoms with Crippen LogP contribution in [0.2, 0.25) is 0 Å². The molecule has 0 bridgehead atoms. The average Bonchev–Trinajstić information content (AvgIpc) is 3.07. The standard InChI is InChI=1S/C11H14F3NO3/c12-11(13,14)6-1-3-15(4-2-6)9(16)7-5-8(7)10(17)18/h6-8H,1-5H2,(H,17,18)/t7-,8-/m1/s1. The van der Waals surface area contributed by atoms with Gasteiger partial charge in [-0.25, -0.2) is 0 Å². The fourth-order valence-corrected chi connectivity index (χ4v) is 2.40. The van der Waals surface area contributed by atoms with Gasteiger partial charge in [0, 0.05) is 13.1 Å². The van der Waals surface area contributed by atoms with Gasteiger partial charge in [0.2, 0.25) is 5.91 Å². The number of likely N-dealkylation sites (tertiary alicyclic amines) is 1. The van der Waals surface area contributed by atoms with Crippen LogP contribution in [-0.2, 0) is 9.59 Å². The minimum absolute atomic E-state index is 0.0752. The minimum Gasteiger partial charge on any atom is -0.481 e. The normalized spacial score (nSPS) is 29.2. The lowest BCUT2D eigenvalue weighted by Gasteiger charge is -2.33. The summed E-state index contributed by atoms with van der Waals surface area (Å²) in [6.45, 7) is 0.150. The molecule has 18 heavy (non-hydrogen) atoms. The quantitative estimate of drug-likeness (QED) is 0.823. The highest BCUT2D eigenvalue weighted by molar-refractivity contribution is 5.89. The molecule has 0 aromatic heterocycles. The van der Waals surface area contributed by atoms with E-state index in [1.807, 2.05) is 0 Å². The number of hydrogen-bond acceptors (Lipinski definition) is 2. The fraction of sp³-hybridized carbons (Fsp3) is 0.818. The van der Waals surface area contributed by atoms with Crippen molar-refractivity contribution in [3.05, 3.63) is 0 Å². The zero-order chi connectivity index (χ0) is 13.5. The van der Waals surface area contributed by atoms with Gasteiger partial charge in [0.15, 0.2) is 0 Å². The molecular weight excluding hydrogens is 251 g/mol. The Morgan fingerprint density at radius 1 is 1.11 bits per heavy atom. The molecule has 1 amide bonds. The van der Waals surface area contributed by atoms with Crippen LogP contribution >= 0.6 is 0 Å². The van der Waals surface area contributed by atoms with Gasteiger partial charge in [0.05, 0.1) is 17.8 Å². The molecule has 1 N–H and O–H groups in total. The number of hydrogen-bond donors (Lipinski definition) is 1. The first-order valence-corrected chi connectivity index (χ1v) is 5.89. The van der Waals surface area contributed by atoms with Crippen molar-refractivity contribution >= 4 is 11.9 Å². The van der Waals surface area contributed by atoms with Gasteiger partial charge in [-0.1, -0.05) is 0 Å². The summed E-state index contributed by atoms with van der Waals surface area (Å²) >= 11 is 0. The summed E-state index contributed by atoms with van der Waals surface area (Å²) in [4.78, 5) is 23.8. The maximum atomic E-state index is 12.4. The van der Waals surface area contributed by atoms with Crippen LogP contribution in [0.4, 0.5) is 13.2 Å². The van der Waals surface area contributed by atoms with Gasteiger partial charge < -0.3 is 10.0 Å². The number of amides is 1. The molecule has 1 heterocycles. The van der Waals surface area contributed by atoms with Gasteiger partial charge in [-0.15, -0.1) is 0 Å². The van der Waals surface area contributed by atoms with Crippen LogP contribution in [-0.4, -0.2) is 41.1 Å². The summed E-state index contributed by atoms with van der Waals surface area (Å²) in [6, 6.07) is 0. The summed E-state index contributed by atoms with van der Waals surface area (Å²) < 4.78 is 37.3. The molecule has 7 heteroatoms. The van der Waals surface area contributed by atoms with Crippen LogP contribution in [0.5, 0.6) is 0 Å². The van der Waals surface area contributed by atoms with Crippen LogP contribution in [0.3, 0.4) is 0 Å². The van der Waals surface area contributed by atoms with E-state index in [4.69, 9.17) is 5.11 Å². The predicted molar refractivity (Wildman–Crippen MR) is 54.6 cm³/mol. The lowest BCUT2D eigenvalue weighted by atomic mass is 9.96. The molecule has 0 unspecified atom stereocenters. The number of piperidine rings is 1. The SMILES string of the molecule is O=C(O)[C@@H]1C[C@H]1C(=O)N1CCC(C(F)(F)F)CC1. The van der Waals surface area contributed by atoms with E-state index < -0.39 is 29.9 Å². The van der Waals surface area contributed by atoms with Gasteiger partial charge in [-0.05, 0) is 19.3 Å². The molecule has 0 spiro atoms. The highest BCUT2D eigenvalue weighted by atomic mass is 19.4. The third-order valence-electron chi connectivity index (χ3n) is 3.69. The molecular formula is C11H14F3NO3. The summed E-state index contributed by atoms with van der Waals surface area (Å²) in [5, 5.41) is 8.70. The Morgan fingerprint density at radius 3 is 2.06 bits per heavy atom. The number of nitrogens with zero attached hydrogens (tertiary/aromatic N) is 1. The average molecular weight is 265 g/mol.